The third-order valence-corrected chi connectivity index (χ3v) is 4.53. The third kappa shape index (κ3) is 3.69. The predicted octanol–water partition coefficient (Wildman–Crippen LogP) is 3.33. The van der Waals surface area contributed by atoms with E-state index < -0.39 is 17.6 Å². The minimum absolute atomic E-state index is 0.0139. The molecule has 6 nitrogen and oxygen atoms in total. The Morgan fingerprint density at radius 3 is 2.32 bits per heavy atom. The monoisotopic (exact) mass is 420 g/mol. The number of carbonyl (C=O) groups is 2. The fourth-order valence-electron chi connectivity index (χ4n) is 2.62. The van der Waals surface area contributed by atoms with Crippen LogP contribution in [0.3, 0.4) is 0 Å². The smallest absolute Gasteiger partial charge is 0.270 e. The van der Waals surface area contributed by atoms with Crippen LogP contribution in [0.4, 0.5) is 10.1 Å². The molecule has 3 rings (SSSR count). The second kappa shape index (κ2) is 7.95. The molecule has 1 heterocycles. The molecule has 2 amide bonds. The van der Waals surface area contributed by atoms with Gasteiger partial charge in [0.05, 0.1) is 19.9 Å². The van der Waals surface area contributed by atoms with E-state index in [9.17, 15) is 14.0 Å². The van der Waals surface area contributed by atoms with Gasteiger partial charge in [0.15, 0.2) is 16.6 Å². The van der Waals surface area contributed by atoms with Gasteiger partial charge in [0.2, 0.25) is 0 Å². The van der Waals surface area contributed by atoms with Gasteiger partial charge in [-0.3, -0.25) is 19.8 Å². The van der Waals surface area contributed by atoms with Crippen LogP contribution in [-0.4, -0.2) is 31.1 Å². The van der Waals surface area contributed by atoms with Crippen molar-refractivity contribution < 1.29 is 23.5 Å². The van der Waals surface area contributed by atoms with Crippen molar-refractivity contribution in [2.24, 2.45) is 0 Å². The molecule has 1 saturated heterocycles. The Kier molecular flexibility index (Phi) is 5.62. The summed E-state index contributed by atoms with van der Waals surface area (Å²) >= 11 is 11.0. The molecule has 0 atom stereocenters. The van der Waals surface area contributed by atoms with Crippen molar-refractivity contribution in [2.45, 2.75) is 0 Å². The van der Waals surface area contributed by atoms with Crippen molar-refractivity contribution in [1.29, 1.82) is 0 Å². The Balaban J connectivity index is 2.05. The number of carbonyl (C=O) groups excluding carboxylic acids is 2. The average Bonchev–Trinajstić information content (AvgIpc) is 2.67. The first kappa shape index (κ1) is 19.8. The van der Waals surface area contributed by atoms with Gasteiger partial charge in [-0.05, 0) is 48.6 Å². The number of halogens is 2. The van der Waals surface area contributed by atoms with E-state index in [1.807, 2.05) is 0 Å². The number of benzene rings is 2. The molecule has 1 aliphatic heterocycles. The first-order chi connectivity index (χ1) is 13.3. The zero-order valence-electron chi connectivity index (χ0n) is 14.8. The first-order valence-electron chi connectivity index (χ1n) is 7.94. The molecule has 2 aromatic carbocycles. The Bertz CT molecular complexity index is 1010. The van der Waals surface area contributed by atoms with Gasteiger partial charge < -0.3 is 9.47 Å². The summed E-state index contributed by atoms with van der Waals surface area (Å²) in [6.45, 7) is 0. The average molecular weight is 421 g/mol. The van der Waals surface area contributed by atoms with Gasteiger partial charge >= 0.3 is 0 Å². The normalized spacial score (nSPS) is 15.6. The molecule has 1 aliphatic rings. The summed E-state index contributed by atoms with van der Waals surface area (Å²) < 4.78 is 24.6. The lowest BCUT2D eigenvalue weighted by Crippen LogP contribution is -2.54. The number of hydrogen-bond acceptors (Lipinski definition) is 5. The molecule has 0 aliphatic carbocycles. The first-order valence-corrected chi connectivity index (χ1v) is 8.73. The van der Waals surface area contributed by atoms with Crippen LogP contribution in [0.5, 0.6) is 11.5 Å². The second-order valence-electron chi connectivity index (χ2n) is 5.66. The van der Waals surface area contributed by atoms with E-state index in [2.05, 4.69) is 5.32 Å². The highest BCUT2D eigenvalue weighted by molar-refractivity contribution is 7.80. The summed E-state index contributed by atoms with van der Waals surface area (Å²) in [6.07, 6.45) is 1.14. The van der Waals surface area contributed by atoms with Crippen LogP contribution in [0, 0.1) is 5.82 Å². The van der Waals surface area contributed by atoms with E-state index in [4.69, 9.17) is 33.3 Å². The van der Waals surface area contributed by atoms with Crippen molar-refractivity contribution in [3.05, 3.63) is 58.4 Å². The maximum atomic E-state index is 14.4. The third-order valence-electron chi connectivity index (χ3n) is 3.99. The minimum atomic E-state index is -0.727. The number of hydrogen-bond donors (Lipinski definition) is 1. The van der Waals surface area contributed by atoms with Crippen LogP contribution in [0.15, 0.2) is 42.0 Å². The van der Waals surface area contributed by atoms with E-state index in [1.54, 1.807) is 24.3 Å². The van der Waals surface area contributed by atoms with Crippen molar-refractivity contribution >= 4 is 52.5 Å². The van der Waals surface area contributed by atoms with E-state index >= 15 is 0 Å². The lowest BCUT2D eigenvalue weighted by Gasteiger charge is -2.29. The van der Waals surface area contributed by atoms with Gasteiger partial charge in [-0.1, -0.05) is 11.6 Å². The van der Waals surface area contributed by atoms with Crippen LogP contribution in [0.25, 0.3) is 6.08 Å². The quantitative estimate of drug-likeness (QED) is 0.467. The topological polar surface area (TPSA) is 67.9 Å². The maximum Gasteiger partial charge on any atom is 0.270 e. The van der Waals surface area contributed by atoms with Crippen molar-refractivity contribution in [3.63, 3.8) is 0 Å². The Hall–Kier alpha value is -2.97. The van der Waals surface area contributed by atoms with Gasteiger partial charge in [-0.2, -0.15) is 0 Å². The molecule has 9 heteroatoms. The zero-order valence-corrected chi connectivity index (χ0v) is 16.4. The Morgan fingerprint density at radius 1 is 1.11 bits per heavy atom. The van der Waals surface area contributed by atoms with Crippen LogP contribution < -0.4 is 19.7 Å². The molecule has 144 valence electrons. The summed E-state index contributed by atoms with van der Waals surface area (Å²) in [5.74, 6) is -1.66. The predicted molar refractivity (Wildman–Crippen MR) is 107 cm³/mol. The number of amides is 2. The Morgan fingerprint density at radius 2 is 1.71 bits per heavy atom. The fourth-order valence-corrected chi connectivity index (χ4v) is 3.03. The highest BCUT2D eigenvalue weighted by atomic mass is 35.5. The molecular weight excluding hydrogens is 407 g/mol. The number of ether oxygens (including phenoxy) is 2. The summed E-state index contributed by atoms with van der Waals surface area (Å²) in [6, 6.07) is 8.78. The van der Waals surface area contributed by atoms with E-state index in [0.29, 0.717) is 10.7 Å². The van der Waals surface area contributed by atoms with Crippen molar-refractivity contribution in [3.8, 4) is 11.5 Å². The van der Waals surface area contributed by atoms with Crippen LogP contribution in [-0.2, 0) is 9.59 Å². The summed E-state index contributed by atoms with van der Waals surface area (Å²) in [7, 11) is 2.77. The molecule has 1 fully saturated rings. The Labute approximate surface area is 170 Å². The number of methoxy groups -OCH3 is 2. The van der Waals surface area contributed by atoms with Gasteiger partial charge in [0.1, 0.15) is 11.4 Å². The standard InChI is InChI=1S/C19H14ClFN2O4S/c1-26-15-8-10(14(21)9-16(15)27-2)7-13-17(24)22-19(28)23(18(13)25)12-5-3-11(20)4-6-12/h3-9H,1-2H3,(H,22,24,28)/b13-7+. The van der Waals surface area contributed by atoms with E-state index in [1.165, 1.54) is 20.3 Å². The molecule has 2 aromatic rings. The number of rotatable bonds is 4. The maximum absolute atomic E-state index is 14.4. The van der Waals surface area contributed by atoms with E-state index in [-0.39, 0.29) is 27.7 Å². The lowest BCUT2D eigenvalue weighted by atomic mass is 10.1. The number of nitrogens with one attached hydrogen (secondary N) is 1. The van der Waals surface area contributed by atoms with Gasteiger partial charge in [-0.25, -0.2) is 4.39 Å². The molecule has 1 N–H and O–H groups in total. The molecule has 28 heavy (non-hydrogen) atoms. The molecule has 0 spiro atoms. The molecular formula is C19H14ClFN2O4S. The second-order valence-corrected chi connectivity index (χ2v) is 6.49. The number of nitrogens with zero attached hydrogens (tertiary/aromatic N) is 1. The fraction of sp³-hybridized carbons (Fsp3) is 0.105. The SMILES string of the molecule is COc1cc(F)c(/C=C2\C(=O)NC(=S)N(c3ccc(Cl)cc3)C2=O)cc1OC. The van der Waals surface area contributed by atoms with Crippen LogP contribution >= 0.6 is 23.8 Å². The minimum Gasteiger partial charge on any atom is -0.493 e. The molecule has 0 bridgehead atoms. The molecule has 0 saturated carbocycles. The molecule has 0 aromatic heterocycles. The van der Waals surface area contributed by atoms with Gasteiger partial charge in [-0.15, -0.1) is 0 Å². The van der Waals surface area contributed by atoms with Crippen LogP contribution in [0.1, 0.15) is 5.56 Å². The van der Waals surface area contributed by atoms with Crippen molar-refractivity contribution in [1.82, 2.24) is 5.32 Å². The summed E-state index contributed by atoms with van der Waals surface area (Å²) in [5.41, 5.74) is 0.118. The summed E-state index contributed by atoms with van der Waals surface area (Å²) in [4.78, 5) is 26.4. The van der Waals surface area contributed by atoms with Crippen LogP contribution in [0.2, 0.25) is 5.02 Å². The summed E-state index contributed by atoms with van der Waals surface area (Å²) in [5, 5.41) is 2.83. The van der Waals surface area contributed by atoms with E-state index in [0.717, 1.165) is 17.0 Å². The van der Waals surface area contributed by atoms with Crippen molar-refractivity contribution in [2.75, 3.05) is 19.1 Å². The largest absolute Gasteiger partial charge is 0.493 e. The lowest BCUT2D eigenvalue weighted by molar-refractivity contribution is -0.122. The highest BCUT2D eigenvalue weighted by Gasteiger charge is 2.34. The zero-order chi connectivity index (χ0) is 20.4. The van der Waals surface area contributed by atoms with Gasteiger partial charge in [0.25, 0.3) is 11.8 Å². The molecule has 0 radical (unpaired) electrons. The number of thiocarbonyl (C=S) groups is 1. The highest BCUT2D eigenvalue weighted by Crippen LogP contribution is 2.31. The van der Waals surface area contributed by atoms with Gasteiger partial charge in [0, 0.05) is 16.7 Å². The number of anilines is 1. The molecule has 0 unspecified atom stereocenters.